The number of allylic oxidation sites excluding steroid dienone is 6. The summed E-state index contributed by atoms with van der Waals surface area (Å²) in [6, 6.07) is -0.875. The van der Waals surface area contributed by atoms with Crippen molar-refractivity contribution in [1.29, 1.82) is 0 Å². The predicted molar refractivity (Wildman–Crippen MR) is 113 cm³/mol. The van der Waals surface area contributed by atoms with Gasteiger partial charge in [0, 0.05) is 19.4 Å². The van der Waals surface area contributed by atoms with Crippen LogP contribution in [0.2, 0.25) is 0 Å². The van der Waals surface area contributed by atoms with Crippen LogP contribution < -0.4 is 0 Å². The Kier molecular flexibility index (Phi) is 13.0. The molecule has 2 N–H and O–H groups in total. The minimum atomic E-state index is -1.03. The van der Waals surface area contributed by atoms with Gasteiger partial charge in [-0.2, -0.15) is 0 Å². The highest BCUT2D eigenvalue weighted by Gasteiger charge is 2.38. The quantitative estimate of drug-likeness (QED) is 0.334. The third kappa shape index (κ3) is 10.5. The zero-order chi connectivity index (χ0) is 20.6. The Hall–Kier alpha value is -1.88. The first kappa shape index (κ1) is 24.2. The number of unbranched alkanes of at least 4 members (excludes halogenated alkanes) is 5. The molecule has 1 saturated heterocycles. The maximum Gasteiger partial charge on any atom is 0.326 e. The lowest BCUT2D eigenvalue weighted by Crippen LogP contribution is -2.40. The van der Waals surface area contributed by atoms with Gasteiger partial charge in [-0.3, -0.25) is 4.79 Å². The lowest BCUT2D eigenvalue weighted by molar-refractivity contribution is -0.148. The molecular formula is C23H37NO4. The van der Waals surface area contributed by atoms with Gasteiger partial charge in [0.2, 0.25) is 5.91 Å². The third-order valence-electron chi connectivity index (χ3n) is 4.91. The molecule has 0 saturated carbocycles. The van der Waals surface area contributed by atoms with Gasteiger partial charge in [0.25, 0.3) is 0 Å². The summed E-state index contributed by atoms with van der Waals surface area (Å²) in [5, 5.41) is 18.7. The van der Waals surface area contributed by atoms with Gasteiger partial charge in [0.05, 0.1) is 6.10 Å². The van der Waals surface area contributed by atoms with Crippen molar-refractivity contribution in [2.24, 2.45) is 0 Å². The summed E-state index contributed by atoms with van der Waals surface area (Å²) in [6.45, 7) is 2.35. The number of aliphatic carboxylic acids is 1. The fourth-order valence-electron chi connectivity index (χ4n) is 3.30. The van der Waals surface area contributed by atoms with E-state index in [1.807, 2.05) is 0 Å². The Labute approximate surface area is 169 Å². The number of aliphatic hydroxyl groups is 1. The Morgan fingerprint density at radius 2 is 1.50 bits per heavy atom. The third-order valence-corrected chi connectivity index (χ3v) is 4.91. The molecule has 1 amide bonds. The molecule has 158 valence electrons. The van der Waals surface area contributed by atoms with Crippen LogP contribution in [0.1, 0.15) is 77.6 Å². The number of carbonyl (C=O) groups excluding carboxylic acids is 1. The fourth-order valence-corrected chi connectivity index (χ4v) is 3.30. The molecule has 1 heterocycles. The first-order valence-corrected chi connectivity index (χ1v) is 10.7. The molecule has 0 bridgehead atoms. The molecule has 0 aliphatic carbocycles. The van der Waals surface area contributed by atoms with Crippen LogP contribution in [0.15, 0.2) is 36.5 Å². The number of rotatable bonds is 14. The van der Waals surface area contributed by atoms with Crippen LogP contribution in [-0.4, -0.2) is 45.7 Å². The van der Waals surface area contributed by atoms with E-state index in [1.165, 1.54) is 30.6 Å². The van der Waals surface area contributed by atoms with Crippen molar-refractivity contribution in [3.05, 3.63) is 36.5 Å². The molecule has 1 rings (SSSR count). The summed E-state index contributed by atoms with van der Waals surface area (Å²) in [4.78, 5) is 24.6. The smallest absolute Gasteiger partial charge is 0.326 e. The fraction of sp³-hybridized carbons (Fsp3) is 0.652. The van der Waals surface area contributed by atoms with E-state index in [0.29, 0.717) is 6.42 Å². The van der Waals surface area contributed by atoms with Gasteiger partial charge >= 0.3 is 5.97 Å². The molecule has 0 aromatic heterocycles. The van der Waals surface area contributed by atoms with Crippen LogP contribution in [-0.2, 0) is 9.59 Å². The highest BCUT2D eigenvalue weighted by molar-refractivity contribution is 5.84. The first-order chi connectivity index (χ1) is 13.6. The van der Waals surface area contributed by atoms with E-state index in [9.17, 15) is 14.7 Å². The number of amides is 1. The molecule has 1 fully saturated rings. The van der Waals surface area contributed by atoms with Crippen LogP contribution in [0.25, 0.3) is 0 Å². The van der Waals surface area contributed by atoms with E-state index in [1.54, 1.807) is 0 Å². The number of aliphatic hydroxyl groups excluding tert-OH is 1. The lowest BCUT2D eigenvalue weighted by Gasteiger charge is -2.21. The van der Waals surface area contributed by atoms with E-state index in [2.05, 4.69) is 43.4 Å². The summed E-state index contributed by atoms with van der Waals surface area (Å²) in [6.07, 6.45) is 22.4. The second-order valence-electron chi connectivity index (χ2n) is 7.42. The van der Waals surface area contributed by atoms with Gasteiger partial charge in [-0.1, -0.05) is 56.2 Å². The first-order valence-electron chi connectivity index (χ1n) is 10.7. The molecule has 5 nitrogen and oxygen atoms in total. The second kappa shape index (κ2) is 15.1. The molecule has 28 heavy (non-hydrogen) atoms. The van der Waals surface area contributed by atoms with Crippen LogP contribution >= 0.6 is 0 Å². The molecule has 1 aliphatic rings. The highest BCUT2D eigenvalue weighted by atomic mass is 16.4. The molecule has 0 aromatic rings. The van der Waals surface area contributed by atoms with Crippen LogP contribution in [0, 0.1) is 0 Å². The molecule has 5 heteroatoms. The van der Waals surface area contributed by atoms with Crippen LogP contribution in [0.4, 0.5) is 0 Å². The van der Waals surface area contributed by atoms with Crippen molar-refractivity contribution in [2.45, 2.75) is 89.7 Å². The molecule has 1 aliphatic heterocycles. The average molecular weight is 392 g/mol. The van der Waals surface area contributed by atoms with Crippen molar-refractivity contribution >= 4 is 11.9 Å². The highest BCUT2D eigenvalue weighted by Crippen LogP contribution is 2.20. The Balaban J connectivity index is 2.05. The molecule has 2 unspecified atom stereocenters. The van der Waals surface area contributed by atoms with Crippen molar-refractivity contribution in [3.63, 3.8) is 0 Å². The average Bonchev–Trinajstić information content (AvgIpc) is 3.07. The second-order valence-corrected chi connectivity index (χ2v) is 7.42. The maximum absolute atomic E-state index is 12.2. The summed E-state index contributed by atoms with van der Waals surface area (Å²) in [5.74, 6) is -1.20. The number of nitrogens with zero attached hydrogens (tertiary/aromatic N) is 1. The van der Waals surface area contributed by atoms with Gasteiger partial charge < -0.3 is 15.1 Å². The van der Waals surface area contributed by atoms with Crippen molar-refractivity contribution in [2.75, 3.05) is 6.54 Å². The minimum Gasteiger partial charge on any atom is -0.480 e. The van der Waals surface area contributed by atoms with E-state index in [4.69, 9.17) is 5.11 Å². The van der Waals surface area contributed by atoms with Gasteiger partial charge in [-0.05, 0) is 44.9 Å². The van der Waals surface area contributed by atoms with E-state index in [0.717, 1.165) is 32.1 Å². The number of likely N-dealkylation sites (tertiary alicyclic amines) is 1. The number of carboxylic acid groups (broad SMARTS) is 1. The number of carbonyl (C=O) groups is 2. The van der Waals surface area contributed by atoms with Crippen LogP contribution in [0.3, 0.4) is 0 Å². The Bertz CT molecular complexity index is 539. The molecule has 0 radical (unpaired) electrons. The predicted octanol–water partition coefficient (Wildman–Crippen LogP) is 4.62. The summed E-state index contributed by atoms with van der Waals surface area (Å²) in [7, 11) is 0. The van der Waals surface area contributed by atoms with Gasteiger partial charge in [0.1, 0.15) is 6.04 Å². The van der Waals surface area contributed by atoms with Crippen LogP contribution in [0.5, 0.6) is 0 Å². The summed E-state index contributed by atoms with van der Waals surface area (Å²) < 4.78 is 0. The SMILES string of the molecule is CCCCC/C=C/C/C=C/C/C=C/CCCCC(=O)N1CC(O)CC1C(=O)O. The lowest BCUT2D eigenvalue weighted by atomic mass is 10.1. The summed E-state index contributed by atoms with van der Waals surface area (Å²) in [5.41, 5.74) is 0. The normalized spacial score (nSPS) is 20.1. The van der Waals surface area contributed by atoms with Gasteiger partial charge in [-0.15, -0.1) is 0 Å². The van der Waals surface area contributed by atoms with Crippen molar-refractivity contribution in [1.82, 2.24) is 4.90 Å². The molecule has 2 atom stereocenters. The molecule has 0 aromatic carbocycles. The standard InChI is InChI=1S/C23H37NO4/c1-2-3-4-5-6-7-8-9-10-11-12-13-14-15-16-17-22(26)24-19-20(25)18-21(24)23(27)28/h6-7,9-10,12-13,20-21,25H,2-5,8,11,14-19H2,1H3,(H,27,28)/b7-6+,10-9+,13-12+. The van der Waals surface area contributed by atoms with E-state index < -0.39 is 18.1 Å². The van der Waals surface area contributed by atoms with Gasteiger partial charge in [-0.25, -0.2) is 4.79 Å². The zero-order valence-corrected chi connectivity index (χ0v) is 17.3. The molecule has 0 spiro atoms. The summed E-state index contributed by atoms with van der Waals surface area (Å²) >= 11 is 0. The Morgan fingerprint density at radius 1 is 0.929 bits per heavy atom. The number of hydrogen-bond donors (Lipinski definition) is 2. The largest absolute Gasteiger partial charge is 0.480 e. The molecular weight excluding hydrogens is 354 g/mol. The van der Waals surface area contributed by atoms with E-state index in [-0.39, 0.29) is 18.9 Å². The van der Waals surface area contributed by atoms with E-state index >= 15 is 0 Å². The van der Waals surface area contributed by atoms with Crippen molar-refractivity contribution < 1.29 is 19.8 Å². The maximum atomic E-state index is 12.2. The Morgan fingerprint density at radius 3 is 2.07 bits per heavy atom. The van der Waals surface area contributed by atoms with Crippen molar-refractivity contribution in [3.8, 4) is 0 Å². The topological polar surface area (TPSA) is 77.8 Å². The number of carboxylic acids is 1. The minimum absolute atomic E-state index is 0.131. The van der Waals surface area contributed by atoms with Gasteiger partial charge in [0.15, 0.2) is 0 Å². The monoisotopic (exact) mass is 391 g/mol. The zero-order valence-electron chi connectivity index (χ0n) is 17.3. The number of β-amino-alcohol motifs (C(OH)–C–C–N with tert-alkyl or cyclic N) is 1. The number of hydrogen-bond acceptors (Lipinski definition) is 3.